The Bertz CT molecular complexity index is 459. The molecule has 1 aliphatic carbocycles. The molecule has 0 bridgehead atoms. The first-order chi connectivity index (χ1) is 9.26. The van der Waals surface area contributed by atoms with Crippen molar-refractivity contribution in [3.8, 4) is 0 Å². The predicted octanol–water partition coefficient (Wildman–Crippen LogP) is 1.65. The molecule has 6 nitrogen and oxygen atoms in total. The van der Waals surface area contributed by atoms with Crippen molar-refractivity contribution in [2.45, 2.75) is 43.9 Å². The van der Waals surface area contributed by atoms with Gasteiger partial charge in [-0.25, -0.2) is 0 Å². The molecule has 0 unspecified atom stereocenters. The molecule has 104 valence electrons. The summed E-state index contributed by atoms with van der Waals surface area (Å²) in [6.07, 6.45) is 6.31. The van der Waals surface area contributed by atoms with Crippen LogP contribution in [0.15, 0.2) is 4.52 Å². The quantitative estimate of drug-likeness (QED) is 0.774. The molecule has 2 fully saturated rings. The minimum atomic E-state index is -0.661. The van der Waals surface area contributed by atoms with Crippen LogP contribution in [0.2, 0.25) is 0 Å². The highest BCUT2D eigenvalue weighted by Crippen LogP contribution is 2.48. The van der Waals surface area contributed by atoms with E-state index >= 15 is 0 Å². The average molecular weight is 265 g/mol. The largest absolute Gasteiger partial charge is 0.468 e. The standard InChI is InChI=1S/C13H19N3O3/c1-18-11(17)13(6-7-13)10-14-12(15-19-10)16-8-4-2-3-5-9-16/h2-9H2,1H3. The summed E-state index contributed by atoms with van der Waals surface area (Å²) in [5.74, 6) is 0.768. The normalized spacial score (nSPS) is 21.8. The number of anilines is 1. The summed E-state index contributed by atoms with van der Waals surface area (Å²) in [7, 11) is 1.40. The second-order valence-electron chi connectivity index (χ2n) is 5.37. The summed E-state index contributed by atoms with van der Waals surface area (Å²) < 4.78 is 10.1. The molecule has 0 amide bonds. The van der Waals surface area contributed by atoms with E-state index in [4.69, 9.17) is 9.26 Å². The summed E-state index contributed by atoms with van der Waals surface area (Å²) in [6.45, 7) is 1.92. The zero-order chi connectivity index (χ0) is 13.3. The fourth-order valence-corrected chi connectivity index (χ4v) is 2.63. The minimum Gasteiger partial charge on any atom is -0.468 e. The van der Waals surface area contributed by atoms with E-state index in [1.807, 2.05) is 0 Å². The molecule has 1 saturated heterocycles. The molecule has 3 rings (SSSR count). The molecule has 2 heterocycles. The number of hydrogen-bond acceptors (Lipinski definition) is 6. The lowest BCUT2D eigenvalue weighted by atomic mass is 10.1. The Hall–Kier alpha value is -1.59. The third kappa shape index (κ3) is 2.19. The zero-order valence-electron chi connectivity index (χ0n) is 11.2. The maximum absolute atomic E-state index is 11.8. The summed E-state index contributed by atoms with van der Waals surface area (Å²) in [6, 6.07) is 0. The minimum absolute atomic E-state index is 0.265. The van der Waals surface area contributed by atoms with Crippen molar-refractivity contribution < 1.29 is 14.1 Å². The van der Waals surface area contributed by atoms with E-state index in [2.05, 4.69) is 15.0 Å². The van der Waals surface area contributed by atoms with Crippen LogP contribution in [0.5, 0.6) is 0 Å². The lowest BCUT2D eigenvalue weighted by molar-refractivity contribution is -0.144. The summed E-state index contributed by atoms with van der Waals surface area (Å²) in [5, 5.41) is 4.04. The number of hydrogen-bond donors (Lipinski definition) is 0. The van der Waals surface area contributed by atoms with E-state index in [0.29, 0.717) is 11.8 Å². The third-order valence-electron chi connectivity index (χ3n) is 4.04. The van der Waals surface area contributed by atoms with Gasteiger partial charge in [0.05, 0.1) is 7.11 Å². The maximum Gasteiger partial charge on any atom is 0.321 e. The molecule has 1 saturated carbocycles. The van der Waals surface area contributed by atoms with Gasteiger partial charge in [0.2, 0.25) is 5.89 Å². The number of methoxy groups -OCH3 is 1. The molecule has 0 atom stereocenters. The first-order valence-electron chi connectivity index (χ1n) is 6.94. The summed E-state index contributed by atoms with van der Waals surface area (Å²) in [5.41, 5.74) is -0.661. The molecule has 1 aromatic heterocycles. The van der Waals surface area contributed by atoms with Gasteiger partial charge in [0, 0.05) is 13.1 Å². The van der Waals surface area contributed by atoms with Gasteiger partial charge >= 0.3 is 5.97 Å². The Morgan fingerprint density at radius 3 is 2.53 bits per heavy atom. The van der Waals surface area contributed by atoms with Crippen LogP contribution < -0.4 is 4.90 Å². The molecule has 6 heteroatoms. The van der Waals surface area contributed by atoms with Gasteiger partial charge in [-0.05, 0) is 30.8 Å². The van der Waals surface area contributed by atoms with Gasteiger partial charge < -0.3 is 14.2 Å². The number of carbonyl (C=O) groups is 1. The molecule has 1 aromatic rings. The van der Waals surface area contributed by atoms with Crippen molar-refractivity contribution in [3.05, 3.63) is 5.89 Å². The summed E-state index contributed by atoms with van der Waals surface area (Å²) in [4.78, 5) is 18.3. The molecule has 2 aliphatic rings. The van der Waals surface area contributed by atoms with Crippen LogP contribution in [0.4, 0.5) is 5.95 Å². The fraction of sp³-hybridized carbons (Fsp3) is 0.769. The molecular weight excluding hydrogens is 246 g/mol. The first-order valence-corrected chi connectivity index (χ1v) is 6.94. The van der Waals surface area contributed by atoms with Crippen LogP contribution in [0, 0.1) is 0 Å². The van der Waals surface area contributed by atoms with Crippen LogP contribution >= 0.6 is 0 Å². The van der Waals surface area contributed by atoms with Crippen LogP contribution in [0.3, 0.4) is 0 Å². The number of ether oxygens (including phenoxy) is 1. The molecule has 0 N–H and O–H groups in total. The lowest BCUT2D eigenvalue weighted by Crippen LogP contribution is -2.26. The lowest BCUT2D eigenvalue weighted by Gasteiger charge is -2.16. The first kappa shape index (κ1) is 12.4. The molecule has 0 radical (unpaired) electrons. The van der Waals surface area contributed by atoms with Crippen LogP contribution in [-0.2, 0) is 14.9 Å². The van der Waals surface area contributed by atoms with E-state index in [1.54, 1.807) is 0 Å². The number of nitrogens with zero attached hydrogens (tertiary/aromatic N) is 3. The van der Waals surface area contributed by atoms with Crippen molar-refractivity contribution in [2.75, 3.05) is 25.1 Å². The highest BCUT2D eigenvalue weighted by atomic mass is 16.5. The van der Waals surface area contributed by atoms with Gasteiger partial charge in [-0.1, -0.05) is 12.8 Å². The number of esters is 1. The van der Waals surface area contributed by atoms with Crippen LogP contribution in [-0.4, -0.2) is 36.3 Å². The van der Waals surface area contributed by atoms with Gasteiger partial charge in [0.1, 0.15) is 5.41 Å². The molecule has 19 heavy (non-hydrogen) atoms. The SMILES string of the molecule is COC(=O)C1(c2nc(N3CCCCCC3)no2)CC1. The third-order valence-corrected chi connectivity index (χ3v) is 4.04. The van der Waals surface area contributed by atoms with E-state index < -0.39 is 5.41 Å². The second-order valence-corrected chi connectivity index (χ2v) is 5.37. The Morgan fingerprint density at radius 2 is 1.95 bits per heavy atom. The monoisotopic (exact) mass is 265 g/mol. The van der Waals surface area contributed by atoms with Crippen molar-refractivity contribution >= 4 is 11.9 Å². The van der Waals surface area contributed by atoms with Gasteiger partial charge in [0.25, 0.3) is 5.95 Å². The second kappa shape index (κ2) is 4.83. The maximum atomic E-state index is 11.8. The van der Waals surface area contributed by atoms with E-state index in [0.717, 1.165) is 38.8 Å². The fourth-order valence-electron chi connectivity index (χ4n) is 2.63. The molecule has 1 aliphatic heterocycles. The van der Waals surface area contributed by atoms with Crippen molar-refractivity contribution in [1.82, 2.24) is 10.1 Å². The van der Waals surface area contributed by atoms with E-state index in [9.17, 15) is 4.79 Å². The molecule has 0 aromatic carbocycles. The van der Waals surface area contributed by atoms with E-state index in [1.165, 1.54) is 20.0 Å². The van der Waals surface area contributed by atoms with Gasteiger partial charge in [0.15, 0.2) is 0 Å². The van der Waals surface area contributed by atoms with Crippen LogP contribution in [0.25, 0.3) is 0 Å². The predicted molar refractivity (Wildman–Crippen MR) is 67.9 cm³/mol. The molecule has 0 spiro atoms. The van der Waals surface area contributed by atoms with E-state index in [-0.39, 0.29) is 5.97 Å². The van der Waals surface area contributed by atoms with Crippen LogP contribution in [0.1, 0.15) is 44.4 Å². The van der Waals surface area contributed by atoms with Crippen molar-refractivity contribution in [1.29, 1.82) is 0 Å². The number of aromatic nitrogens is 2. The van der Waals surface area contributed by atoms with Gasteiger partial charge in [-0.15, -0.1) is 0 Å². The molecular formula is C13H19N3O3. The topological polar surface area (TPSA) is 68.5 Å². The Labute approximate surface area is 112 Å². The number of carbonyl (C=O) groups excluding carboxylic acids is 1. The average Bonchev–Trinajstić information content (AvgIpc) is 3.18. The Kier molecular flexibility index (Phi) is 3.16. The Morgan fingerprint density at radius 1 is 1.26 bits per heavy atom. The Balaban J connectivity index is 1.77. The zero-order valence-corrected chi connectivity index (χ0v) is 11.2. The smallest absolute Gasteiger partial charge is 0.321 e. The summed E-state index contributed by atoms with van der Waals surface area (Å²) >= 11 is 0. The van der Waals surface area contributed by atoms with Crippen molar-refractivity contribution in [2.24, 2.45) is 0 Å². The van der Waals surface area contributed by atoms with Gasteiger partial charge in [-0.2, -0.15) is 4.98 Å². The highest BCUT2D eigenvalue weighted by Gasteiger charge is 2.57. The van der Waals surface area contributed by atoms with Crippen molar-refractivity contribution in [3.63, 3.8) is 0 Å². The number of rotatable bonds is 3. The highest BCUT2D eigenvalue weighted by molar-refractivity contribution is 5.85. The van der Waals surface area contributed by atoms with Gasteiger partial charge in [-0.3, -0.25) is 4.79 Å².